The fraction of sp³-hybridized carbons (Fsp3) is 0.417. The molecule has 5 nitrogen and oxygen atoms in total. The van der Waals surface area contributed by atoms with Gasteiger partial charge in [-0.3, -0.25) is 0 Å². The van der Waals surface area contributed by atoms with Crippen molar-refractivity contribution < 1.29 is 0 Å². The fourth-order valence-electron chi connectivity index (χ4n) is 1.74. The van der Waals surface area contributed by atoms with Crippen LogP contribution in [0.1, 0.15) is 12.2 Å². The van der Waals surface area contributed by atoms with Gasteiger partial charge in [0.15, 0.2) is 0 Å². The summed E-state index contributed by atoms with van der Waals surface area (Å²) in [7, 11) is 2.01. The van der Waals surface area contributed by atoms with Crippen LogP contribution < -0.4 is 4.90 Å². The van der Waals surface area contributed by atoms with Crippen LogP contribution in [0.2, 0.25) is 5.15 Å². The van der Waals surface area contributed by atoms with E-state index >= 15 is 0 Å². The van der Waals surface area contributed by atoms with Gasteiger partial charge >= 0.3 is 0 Å². The first-order valence-electron chi connectivity index (χ1n) is 5.83. The average Bonchev–Trinajstić information content (AvgIpc) is 2.80. The lowest BCUT2D eigenvalue weighted by Gasteiger charge is -2.18. The van der Waals surface area contributed by atoms with Crippen molar-refractivity contribution in [2.75, 3.05) is 18.5 Å². The van der Waals surface area contributed by atoms with E-state index in [2.05, 4.69) is 24.4 Å². The van der Waals surface area contributed by atoms with E-state index in [0.29, 0.717) is 11.0 Å². The maximum atomic E-state index is 5.92. The molecule has 0 saturated heterocycles. The van der Waals surface area contributed by atoms with Gasteiger partial charge in [0, 0.05) is 38.6 Å². The molecule has 0 atom stereocenters. The van der Waals surface area contributed by atoms with Crippen molar-refractivity contribution in [3.63, 3.8) is 0 Å². The van der Waals surface area contributed by atoms with Gasteiger partial charge in [-0.2, -0.15) is 0 Å². The maximum Gasteiger partial charge on any atom is 0.134 e. The van der Waals surface area contributed by atoms with Crippen molar-refractivity contribution in [2.45, 2.75) is 19.9 Å². The van der Waals surface area contributed by atoms with E-state index in [9.17, 15) is 0 Å². The molecule has 0 aliphatic carbocycles. The lowest BCUT2D eigenvalue weighted by atomic mass is 10.3. The van der Waals surface area contributed by atoms with Crippen LogP contribution in [-0.4, -0.2) is 33.1 Å². The van der Waals surface area contributed by atoms with Gasteiger partial charge in [-0.25, -0.2) is 15.0 Å². The van der Waals surface area contributed by atoms with E-state index in [0.717, 1.165) is 25.3 Å². The molecule has 0 radical (unpaired) electrons. The number of hydrogen-bond acceptors (Lipinski definition) is 4. The summed E-state index contributed by atoms with van der Waals surface area (Å²) in [6.07, 6.45) is 6.60. The predicted molar refractivity (Wildman–Crippen MR) is 71.9 cm³/mol. The molecule has 0 unspecified atom stereocenters. The van der Waals surface area contributed by atoms with Crippen LogP contribution in [0.25, 0.3) is 0 Å². The van der Waals surface area contributed by atoms with E-state index < -0.39 is 0 Å². The van der Waals surface area contributed by atoms with E-state index in [4.69, 9.17) is 11.6 Å². The Balaban J connectivity index is 1.89. The van der Waals surface area contributed by atoms with E-state index in [1.807, 2.05) is 26.5 Å². The molecule has 0 amide bonds. The van der Waals surface area contributed by atoms with Gasteiger partial charge in [0.2, 0.25) is 0 Å². The highest BCUT2D eigenvalue weighted by Crippen LogP contribution is 2.14. The molecule has 0 aromatic carbocycles. The van der Waals surface area contributed by atoms with Crippen LogP contribution in [0.3, 0.4) is 0 Å². The zero-order valence-corrected chi connectivity index (χ0v) is 11.3. The van der Waals surface area contributed by atoms with Crippen LogP contribution in [0.5, 0.6) is 0 Å². The van der Waals surface area contributed by atoms with Crippen molar-refractivity contribution in [2.24, 2.45) is 0 Å². The Kier molecular flexibility index (Phi) is 4.15. The van der Waals surface area contributed by atoms with Gasteiger partial charge in [-0.15, -0.1) is 0 Å². The maximum absolute atomic E-state index is 5.92. The Morgan fingerprint density at radius 2 is 2.22 bits per heavy atom. The van der Waals surface area contributed by atoms with E-state index in [-0.39, 0.29) is 0 Å². The Labute approximate surface area is 111 Å². The Hall–Kier alpha value is -1.62. The molecule has 2 aromatic heterocycles. The highest BCUT2D eigenvalue weighted by atomic mass is 35.5. The molecule has 0 bridgehead atoms. The largest absolute Gasteiger partial charge is 0.359 e. The fourth-order valence-corrected chi connectivity index (χ4v) is 1.96. The number of halogens is 1. The second-order valence-electron chi connectivity index (χ2n) is 4.17. The van der Waals surface area contributed by atoms with Gasteiger partial charge in [0.1, 0.15) is 16.8 Å². The van der Waals surface area contributed by atoms with Crippen LogP contribution >= 0.6 is 11.6 Å². The molecule has 0 N–H and O–H groups in total. The summed E-state index contributed by atoms with van der Waals surface area (Å²) >= 11 is 5.92. The van der Waals surface area contributed by atoms with Gasteiger partial charge in [0.05, 0.1) is 6.33 Å². The Morgan fingerprint density at radius 1 is 1.39 bits per heavy atom. The topological polar surface area (TPSA) is 46.8 Å². The number of nitrogens with zero attached hydrogens (tertiary/aromatic N) is 5. The lowest BCUT2D eigenvalue weighted by molar-refractivity contribution is 0.635. The molecular formula is C12H16ClN5. The number of aryl methyl sites for hydroxylation is 2. The Bertz CT molecular complexity index is 477. The van der Waals surface area contributed by atoms with Crippen molar-refractivity contribution in [1.82, 2.24) is 19.5 Å². The van der Waals surface area contributed by atoms with Gasteiger partial charge in [-0.1, -0.05) is 11.6 Å². The molecule has 0 aliphatic rings. The van der Waals surface area contributed by atoms with E-state index in [1.54, 1.807) is 12.3 Å². The monoisotopic (exact) mass is 265 g/mol. The summed E-state index contributed by atoms with van der Waals surface area (Å²) < 4.78 is 2.06. The average molecular weight is 266 g/mol. The molecule has 0 spiro atoms. The van der Waals surface area contributed by atoms with Crippen LogP contribution in [-0.2, 0) is 6.54 Å². The van der Waals surface area contributed by atoms with Crippen LogP contribution in [0, 0.1) is 6.92 Å². The number of aromatic nitrogens is 4. The first kappa shape index (κ1) is 12.8. The summed E-state index contributed by atoms with van der Waals surface area (Å²) in [6, 6.07) is 1.78. The van der Waals surface area contributed by atoms with Crippen molar-refractivity contribution in [1.29, 1.82) is 0 Å². The summed E-state index contributed by atoms with van der Waals surface area (Å²) in [5.74, 6) is 1.55. The van der Waals surface area contributed by atoms with Crippen molar-refractivity contribution >= 4 is 17.4 Å². The first-order chi connectivity index (χ1) is 8.65. The minimum absolute atomic E-state index is 0.485. The second-order valence-corrected chi connectivity index (χ2v) is 4.56. The molecule has 18 heavy (non-hydrogen) atoms. The van der Waals surface area contributed by atoms with Gasteiger partial charge < -0.3 is 9.47 Å². The Morgan fingerprint density at radius 3 is 2.89 bits per heavy atom. The zero-order valence-electron chi connectivity index (χ0n) is 10.5. The van der Waals surface area contributed by atoms with Gasteiger partial charge in [0.25, 0.3) is 0 Å². The molecule has 6 heteroatoms. The normalized spacial score (nSPS) is 10.6. The summed E-state index contributed by atoms with van der Waals surface area (Å²) in [6.45, 7) is 3.70. The molecule has 2 rings (SSSR count). The minimum atomic E-state index is 0.485. The first-order valence-corrected chi connectivity index (χ1v) is 6.21. The zero-order chi connectivity index (χ0) is 13.0. The third-order valence-corrected chi connectivity index (χ3v) is 2.85. The predicted octanol–water partition coefficient (Wildman–Crippen LogP) is 2.16. The molecule has 0 fully saturated rings. The quantitative estimate of drug-likeness (QED) is 0.778. The molecule has 2 aromatic rings. The molecule has 2 heterocycles. The minimum Gasteiger partial charge on any atom is -0.359 e. The highest BCUT2D eigenvalue weighted by Gasteiger charge is 2.05. The third kappa shape index (κ3) is 3.43. The SMILES string of the molecule is Cc1nc(Cl)cc(N(C)CCCn2ccnc2)n1. The number of rotatable bonds is 5. The van der Waals surface area contributed by atoms with Crippen molar-refractivity contribution in [3.05, 3.63) is 35.8 Å². The molecule has 96 valence electrons. The molecular weight excluding hydrogens is 250 g/mol. The van der Waals surface area contributed by atoms with Crippen LogP contribution in [0.15, 0.2) is 24.8 Å². The lowest BCUT2D eigenvalue weighted by Crippen LogP contribution is -2.21. The van der Waals surface area contributed by atoms with Crippen LogP contribution in [0.4, 0.5) is 5.82 Å². The standard InChI is InChI=1S/C12H16ClN5/c1-10-15-11(13)8-12(16-10)17(2)5-3-6-18-7-4-14-9-18/h4,7-9H,3,5-6H2,1-2H3. The highest BCUT2D eigenvalue weighted by molar-refractivity contribution is 6.29. The smallest absolute Gasteiger partial charge is 0.134 e. The summed E-state index contributed by atoms with van der Waals surface area (Å²) in [5, 5.41) is 0.485. The summed E-state index contributed by atoms with van der Waals surface area (Å²) in [5.41, 5.74) is 0. The second kappa shape index (κ2) is 5.82. The number of hydrogen-bond donors (Lipinski definition) is 0. The molecule has 0 aliphatic heterocycles. The number of imidazole rings is 1. The third-order valence-electron chi connectivity index (χ3n) is 2.65. The van der Waals surface area contributed by atoms with E-state index in [1.165, 1.54) is 0 Å². The summed E-state index contributed by atoms with van der Waals surface area (Å²) in [4.78, 5) is 14.5. The molecule has 0 saturated carbocycles. The van der Waals surface area contributed by atoms with Crippen molar-refractivity contribution in [3.8, 4) is 0 Å². The number of anilines is 1. The van der Waals surface area contributed by atoms with Gasteiger partial charge in [-0.05, 0) is 13.3 Å².